The number of benzene rings is 2. The van der Waals surface area contributed by atoms with Gasteiger partial charge in [0.2, 0.25) is 0 Å². The monoisotopic (exact) mass is 695 g/mol. The van der Waals surface area contributed by atoms with Crippen LogP contribution in [0.4, 0.5) is 0 Å². The molecule has 0 fully saturated rings. The van der Waals surface area contributed by atoms with Crippen molar-refractivity contribution in [2.24, 2.45) is 0 Å². The van der Waals surface area contributed by atoms with Crippen molar-refractivity contribution < 1.29 is 20.1 Å². The van der Waals surface area contributed by atoms with Crippen molar-refractivity contribution in [3.63, 3.8) is 0 Å². The first kappa shape index (κ1) is 32.3. The van der Waals surface area contributed by atoms with Crippen LogP contribution in [-0.2, 0) is 36.4 Å². The number of hydrogen-bond acceptors (Lipinski definition) is 2. The van der Waals surface area contributed by atoms with Gasteiger partial charge in [0, 0.05) is 32.5 Å². The molecule has 0 bridgehead atoms. The largest absolute Gasteiger partial charge is 0.304 e. The second kappa shape index (κ2) is 13.0. The van der Waals surface area contributed by atoms with Crippen LogP contribution < -0.4 is 0 Å². The number of aromatic nitrogens is 2. The van der Waals surface area contributed by atoms with E-state index in [1.807, 2.05) is 36.7 Å². The predicted octanol–water partition coefficient (Wildman–Crippen LogP) is 9.63. The van der Waals surface area contributed by atoms with Gasteiger partial charge in [0.15, 0.2) is 0 Å². The quantitative estimate of drug-likeness (QED) is 0.200. The second-order valence-corrected chi connectivity index (χ2v) is 12.8. The zero-order valence-electron chi connectivity index (χ0n) is 24.9. The molecule has 2 nitrogen and oxygen atoms in total. The molecule has 0 aliphatic carbocycles. The summed E-state index contributed by atoms with van der Waals surface area (Å²) in [6, 6.07) is 27.4. The van der Waals surface area contributed by atoms with E-state index < -0.39 is 0 Å². The van der Waals surface area contributed by atoms with Gasteiger partial charge in [-0.1, -0.05) is 86.6 Å². The normalized spacial score (nSPS) is 11.6. The maximum absolute atomic E-state index is 4.58. The molecule has 39 heavy (non-hydrogen) atoms. The summed E-state index contributed by atoms with van der Waals surface area (Å²) in [6.07, 6.45) is 5.74. The van der Waals surface area contributed by atoms with Crippen molar-refractivity contribution in [1.29, 1.82) is 0 Å². The predicted molar refractivity (Wildman–Crippen MR) is 163 cm³/mol. The summed E-state index contributed by atoms with van der Waals surface area (Å²) < 4.78 is 0. The van der Waals surface area contributed by atoms with Gasteiger partial charge in [-0.05, 0) is 38.8 Å². The maximum atomic E-state index is 4.58. The van der Waals surface area contributed by atoms with Crippen molar-refractivity contribution in [2.45, 2.75) is 78.6 Å². The molecule has 0 N–H and O–H groups in total. The summed E-state index contributed by atoms with van der Waals surface area (Å²) in [5, 5.41) is 0. The van der Waals surface area contributed by atoms with Crippen LogP contribution in [0, 0.1) is 12.1 Å². The van der Waals surface area contributed by atoms with Crippen molar-refractivity contribution in [3.8, 4) is 22.5 Å². The van der Waals surface area contributed by atoms with E-state index in [0.717, 1.165) is 28.1 Å². The van der Waals surface area contributed by atoms with Gasteiger partial charge in [-0.2, -0.15) is 0 Å². The summed E-state index contributed by atoms with van der Waals surface area (Å²) in [7, 11) is 0. The van der Waals surface area contributed by atoms with Crippen molar-refractivity contribution >= 4 is 6.08 Å². The Bertz CT molecular complexity index is 1260. The molecular weight excluding hydrogens is 653 g/mol. The van der Waals surface area contributed by atoms with Gasteiger partial charge in [-0.25, -0.2) is 0 Å². The molecule has 2 aromatic heterocycles. The standard InChI is InChI=1S/C19H24N.C17H18N.Ir/c1-18(2,3)15-9-7-14(8-10-15)17-12-11-16(13-20-17)19(4,5)6;1-5-13-6-8-14(9-7-13)16-11-10-15(12-18-16)17(2,3)4;/h7,9-13H,1-6H3;5-8,10-12H,1H2,2-4H3;/q2*-1;. The first-order valence-electron chi connectivity index (χ1n) is 13.3. The number of rotatable bonds is 3. The number of hydrogen-bond donors (Lipinski definition) is 0. The van der Waals surface area contributed by atoms with E-state index in [4.69, 9.17) is 0 Å². The summed E-state index contributed by atoms with van der Waals surface area (Å²) in [4.78, 5) is 9.09. The van der Waals surface area contributed by atoms with Crippen LogP contribution in [0.3, 0.4) is 0 Å². The Kier molecular flexibility index (Phi) is 10.8. The molecule has 4 aromatic rings. The van der Waals surface area contributed by atoms with Crippen molar-refractivity contribution in [3.05, 3.63) is 114 Å². The Morgan fingerprint density at radius 3 is 1.26 bits per heavy atom. The third kappa shape index (κ3) is 9.09. The van der Waals surface area contributed by atoms with E-state index in [-0.39, 0.29) is 36.4 Å². The molecule has 207 valence electrons. The first-order valence-corrected chi connectivity index (χ1v) is 13.3. The summed E-state index contributed by atoms with van der Waals surface area (Å²) in [5.74, 6) is 0. The molecule has 0 aliphatic heterocycles. The Morgan fingerprint density at radius 2 is 0.974 bits per heavy atom. The van der Waals surface area contributed by atoms with Gasteiger partial charge in [-0.3, -0.25) is 0 Å². The van der Waals surface area contributed by atoms with Gasteiger partial charge in [0.25, 0.3) is 0 Å². The van der Waals surface area contributed by atoms with Crippen LogP contribution in [0.5, 0.6) is 0 Å². The van der Waals surface area contributed by atoms with E-state index >= 15 is 0 Å². The SMILES string of the molecule is C=Cc1c[c-]c(-c2ccc(C(C)(C)C)cn2)cc1.CC(C)(C)c1c[c-]c(-c2ccc(C(C)(C)C)cn2)cc1.[Ir]. The fraction of sp³-hybridized carbons (Fsp3) is 0.333. The fourth-order valence-corrected chi connectivity index (χ4v) is 3.77. The molecule has 0 aliphatic rings. The number of pyridine rings is 2. The zero-order valence-corrected chi connectivity index (χ0v) is 27.3. The van der Waals surface area contributed by atoms with E-state index in [1.54, 1.807) is 0 Å². The third-order valence-electron chi connectivity index (χ3n) is 6.56. The van der Waals surface area contributed by atoms with Crippen molar-refractivity contribution in [2.75, 3.05) is 0 Å². The molecule has 3 heteroatoms. The van der Waals surface area contributed by atoms with E-state index in [0.29, 0.717) is 0 Å². The van der Waals surface area contributed by atoms with Crippen LogP contribution in [0.15, 0.2) is 79.6 Å². The molecule has 1 radical (unpaired) electrons. The minimum atomic E-state index is 0. The smallest absolute Gasteiger partial charge is 0.0198 e. The molecule has 2 aromatic carbocycles. The molecule has 0 spiro atoms. The third-order valence-corrected chi connectivity index (χ3v) is 6.56. The van der Waals surface area contributed by atoms with Gasteiger partial charge >= 0.3 is 0 Å². The molecule has 4 rings (SSSR count). The minimum absolute atomic E-state index is 0. The summed E-state index contributed by atoms with van der Waals surface area (Å²) >= 11 is 0. The van der Waals surface area contributed by atoms with E-state index in [1.165, 1.54) is 16.7 Å². The van der Waals surface area contributed by atoms with Crippen LogP contribution in [0.2, 0.25) is 0 Å². The second-order valence-electron chi connectivity index (χ2n) is 12.8. The van der Waals surface area contributed by atoms with Crippen LogP contribution in [0.25, 0.3) is 28.6 Å². The molecule has 0 saturated heterocycles. The molecule has 0 amide bonds. The molecule has 0 saturated carbocycles. The Balaban J connectivity index is 0.000000268. The van der Waals surface area contributed by atoms with Gasteiger partial charge in [0.1, 0.15) is 0 Å². The molecule has 0 atom stereocenters. The average molecular weight is 695 g/mol. The molecule has 2 heterocycles. The van der Waals surface area contributed by atoms with Crippen LogP contribution in [-0.4, -0.2) is 9.97 Å². The summed E-state index contributed by atoms with van der Waals surface area (Å²) in [6.45, 7) is 23.6. The Hall–Kier alpha value is -2.87. The van der Waals surface area contributed by atoms with Gasteiger partial charge < -0.3 is 9.97 Å². The van der Waals surface area contributed by atoms with Crippen LogP contribution in [0.1, 0.15) is 84.6 Å². The maximum Gasteiger partial charge on any atom is 0.0198 e. The van der Waals surface area contributed by atoms with Crippen LogP contribution >= 0.6 is 0 Å². The fourth-order valence-electron chi connectivity index (χ4n) is 3.77. The van der Waals surface area contributed by atoms with Gasteiger partial charge in [0.05, 0.1) is 0 Å². The summed E-state index contributed by atoms with van der Waals surface area (Å²) in [5.41, 5.74) is 9.34. The zero-order chi connectivity index (χ0) is 28.1. The Morgan fingerprint density at radius 1 is 0.564 bits per heavy atom. The Labute approximate surface area is 250 Å². The average Bonchev–Trinajstić information content (AvgIpc) is 2.88. The molecular formula is C36H42IrN2-2. The van der Waals surface area contributed by atoms with E-state index in [2.05, 4.69) is 133 Å². The van der Waals surface area contributed by atoms with Gasteiger partial charge in [-0.15, -0.1) is 83.4 Å². The first-order chi connectivity index (χ1) is 17.7. The topological polar surface area (TPSA) is 25.8 Å². The van der Waals surface area contributed by atoms with Crippen molar-refractivity contribution in [1.82, 2.24) is 9.97 Å². The minimum Gasteiger partial charge on any atom is -0.304 e. The molecule has 0 unspecified atom stereocenters. The van der Waals surface area contributed by atoms with E-state index in [9.17, 15) is 0 Å². The number of nitrogens with zero attached hydrogens (tertiary/aromatic N) is 2.